The Hall–Kier alpha value is -0.910. The van der Waals surface area contributed by atoms with Gasteiger partial charge in [0, 0.05) is 35.9 Å². The van der Waals surface area contributed by atoms with Crippen molar-refractivity contribution < 1.29 is 13.8 Å². The maximum absolute atomic E-state index is 12.4. The van der Waals surface area contributed by atoms with Crippen LogP contribution in [0.25, 0.3) is 0 Å². The summed E-state index contributed by atoms with van der Waals surface area (Å²) in [6, 6.07) is -0.678. The largest absolute Gasteiger partial charge is 0.329 e. The Morgan fingerprint density at radius 2 is 2.00 bits per heavy atom. The van der Waals surface area contributed by atoms with Crippen molar-refractivity contribution in [1.29, 1.82) is 0 Å². The van der Waals surface area contributed by atoms with E-state index in [-0.39, 0.29) is 17.9 Å². The molecule has 2 amide bonds. The van der Waals surface area contributed by atoms with Gasteiger partial charge < -0.3 is 9.80 Å². The van der Waals surface area contributed by atoms with E-state index >= 15 is 0 Å². The van der Waals surface area contributed by atoms with Gasteiger partial charge in [0.05, 0.1) is 0 Å². The van der Waals surface area contributed by atoms with Crippen molar-refractivity contribution in [2.45, 2.75) is 38.3 Å². The van der Waals surface area contributed by atoms with Crippen LogP contribution >= 0.6 is 0 Å². The number of rotatable bonds is 3. The molecule has 5 nitrogen and oxygen atoms in total. The number of piperazine rings is 1. The third-order valence-electron chi connectivity index (χ3n) is 3.80. The summed E-state index contributed by atoms with van der Waals surface area (Å²) in [6.07, 6.45) is 4.38. The number of carbonyl (C=O) groups excluding carboxylic acids is 2. The van der Waals surface area contributed by atoms with E-state index < -0.39 is 16.8 Å². The number of hydrogen-bond donors (Lipinski definition) is 0. The predicted octanol–water partition coefficient (Wildman–Crippen LogP) is -0.0233. The van der Waals surface area contributed by atoms with E-state index in [9.17, 15) is 13.8 Å². The molecule has 0 spiro atoms. The van der Waals surface area contributed by atoms with Crippen molar-refractivity contribution in [2.24, 2.45) is 0 Å². The Morgan fingerprint density at radius 3 is 2.67 bits per heavy atom. The molecule has 0 aromatic rings. The molecule has 2 aliphatic heterocycles. The first-order valence-electron chi connectivity index (χ1n) is 6.43. The lowest BCUT2D eigenvalue weighted by Crippen LogP contribution is -2.65. The third kappa shape index (κ3) is 2.43. The molecule has 2 rings (SSSR count). The quantitative estimate of drug-likeness (QED) is 0.725. The molecule has 0 aromatic carbocycles. The highest BCUT2D eigenvalue weighted by atomic mass is 32.2. The van der Waals surface area contributed by atoms with E-state index in [2.05, 4.69) is 0 Å². The van der Waals surface area contributed by atoms with Gasteiger partial charge in [-0.25, -0.2) is 0 Å². The van der Waals surface area contributed by atoms with Crippen LogP contribution in [0.4, 0.5) is 0 Å². The lowest BCUT2D eigenvalue weighted by atomic mass is 9.96. The molecule has 0 bridgehead atoms. The molecule has 2 saturated heterocycles. The molecule has 0 radical (unpaired) electrons. The van der Waals surface area contributed by atoms with Gasteiger partial charge >= 0.3 is 0 Å². The smallest absolute Gasteiger partial charge is 0.246 e. The molecule has 3 unspecified atom stereocenters. The molecule has 0 N–H and O–H groups in total. The molecular formula is C12H20N2O3S. The minimum absolute atomic E-state index is 0.0345. The van der Waals surface area contributed by atoms with Gasteiger partial charge in [-0.05, 0) is 26.2 Å². The maximum atomic E-state index is 12.4. The van der Waals surface area contributed by atoms with E-state index in [1.54, 1.807) is 23.0 Å². The minimum atomic E-state index is -0.937. The summed E-state index contributed by atoms with van der Waals surface area (Å²) in [5.74, 6) is 0.518. The average molecular weight is 272 g/mol. The number of carbonyl (C=O) groups is 2. The molecule has 3 atom stereocenters. The van der Waals surface area contributed by atoms with Gasteiger partial charge in [-0.15, -0.1) is 0 Å². The van der Waals surface area contributed by atoms with Gasteiger partial charge in [-0.2, -0.15) is 0 Å². The molecule has 2 heterocycles. The summed E-state index contributed by atoms with van der Waals surface area (Å²) < 4.78 is 11.1. The van der Waals surface area contributed by atoms with Crippen molar-refractivity contribution in [2.75, 3.05) is 25.1 Å². The molecule has 0 aromatic heterocycles. The monoisotopic (exact) mass is 272 g/mol. The van der Waals surface area contributed by atoms with E-state index in [1.165, 1.54) is 0 Å². The van der Waals surface area contributed by atoms with Crippen LogP contribution in [0, 0.1) is 0 Å². The normalized spacial score (nSPS) is 30.3. The standard InChI is InChI=1S/C12H20N2O3S/c1-9-11(15)14-6-4-3-5-10(14)12(16)13(9)7-8-18(2)17/h9-10H,3-8H2,1-2H3. The van der Waals surface area contributed by atoms with Crippen LogP contribution in [0.3, 0.4) is 0 Å². The van der Waals surface area contributed by atoms with Gasteiger partial charge in [-0.3, -0.25) is 13.8 Å². The lowest BCUT2D eigenvalue weighted by Gasteiger charge is -2.46. The fourth-order valence-corrected chi connectivity index (χ4v) is 3.19. The number of nitrogens with zero attached hydrogens (tertiary/aromatic N) is 2. The molecule has 0 aliphatic carbocycles. The predicted molar refractivity (Wildman–Crippen MR) is 69.5 cm³/mol. The number of piperidine rings is 1. The van der Waals surface area contributed by atoms with Crippen molar-refractivity contribution >= 4 is 22.6 Å². The van der Waals surface area contributed by atoms with Gasteiger partial charge in [-0.1, -0.05) is 0 Å². The molecule has 6 heteroatoms. The first-order chi connectivity index (χ1) is 8.52. The second-order valence-corrected chi connectivity index (χ2v) is 6.58. The summed E-state index contributed by atoms with van der Waals surface area (Å²) in [6.45, 7) is 2.88. The zero-order valence-corrected chi connectivity index (χ0v) is 11.7. The van der Waals surface area contributed by atoms with Gasteiger partial charge in [0.15, 0.2) is 0 Å². The number of amides is 2. The van der Waals surface area contributed by atoms with Crippen LogP contribution < -0.4 is 0 Å². The summed E-state index contributed by atoms with van der Waals surface area (Å²) >= 11 is 0. The topological polar surface area (TPSA) is 57.7 Å². The molecule has 102 valence electrons. The number of fused-ring (bicyclic) bond motifs is 1. The van der Waals surface area contributed by atoms with Crippen LogP contribution in [-0.2, 0) is 20.4 Å². The molecule has 0 saturated carbocycles. The SMILES string of the molecule is CC1C(=O)N2CCCCC2C(=O)N1CCS(C)=O. The minimum Gasteiger partial charge on any atom is -0.329 e. The van der Waals surface area contributed by atoms with E-state index in [4.69, 9.17) is 0 Å². The Kier molecular flexibility index (Phi) is 4.04. The zero-order valence-electron chi connectivity index (χ0n) is 10.9. The zero-order chi connectivity index (χ0) is 13.3. The third-order valence-corrected chi connectivity index (χ3v) is 4.56. The molecule has 2 aliphatic rings. The van der Waals surface area contributed by atoms with Crippen molar-refractivity contribution in [1.82, 2.24) is 9.80 Å². The fourth-order valence-electron chi connectivity index (χ4n) is 2.74. The first-order valence-corrected chi connectivity index (χ1v) is 8.16. The van der Waals surface area contributed by atoms with Gasteiger partial charge in [0.1, 0.15) is 12.1 Å². The van der Waals surface area contributed by atoms with Crippen LogP contribution in [-0.4, -0.2) is 63.0 Å². The van der Waals surface area contributed by atoms with Gasteiger partial charge in [0.25, 0.3) is 0 Å². The fraction of sp³-hybridized carbons (Fsp3) is 0.833. The van der Waals surface area contributed by atoms with E-state index in [0.717, 1.165) is 19.3 Å². The maximum Gasteiger partial charge on any atom is 0.246 e. The van der Waals surface area contributed by atoms with Crippen molar-refractivity contribution in [3.8, 4) is 0 Å². The Balaban J connectivity index is 2.13. The number of hydrogen-bond acceptors (Lipinski definition) is 3. The Morgan fingerprint density at radius 1 is 1.28 bits per heavy atom. The molecule has 18 heavy (non-hydrogen) atoms. The molecular weight excluding hydrogens is 252 g/mol. The second-order valence-electron chi connectivity index (χ2n) is 5.03. The second kappa shape index (κ2) is 5.38. The Bertz CT molecular complexity index is 386. The lowest BCUT2D eigenvalue weighted by molar-refractivity contribution is -0.162. The summed E-state index contributed by atoms with van der Waals surface area (Å²) in [5.41, 5.74) is 0. The Labute approximate surface area is 110 Å². The summed E-state index contributed by atoms with van der Waals surface area (Å²) in [5, 5.41) is 0. The van der Waals surface area contributed by atoms with E-state index in [1.807, 2.05) is 0 Å². The summed E-state index contributed by atoms with van der Waals surface area (Å²) in [4.78, 5) is 27.9. The molecule has 2 fully saturated rings. The van der Waals surface area contributed by atoms with Crippen molar-refractivity contribution in [3.63, 3.8) is 0 Å². The first kappa shape index (κ1) is 13.5. The van der Waals surface area contributed by atoms with Crippen LogP contribution in [0.15, 0.2) is 0 Å². The summed E-state index contributed by atoms with van der Waals surface area (Å²) in [7, 11) is -0.937. The van der Waals surface area contributed by atoms with Gasteiger partial charge in [0.2, 0.25) is 11.8 Å². The van der Waals surface area contributed by atoms with Crippen LogP contribution in [0.1, 0.15) is 26.2 Å². The van der Waals surface area contributed by atoms with Crippen LogP contribution in [0.5, 0.6) is 0 Å². The van der Waals surface area contributed by atoms with Crippen molar-refractivity contribution in [3.05, 3.63) is 0 Å². The highest BCUT2D eigenvalue weighted by Gasteiger charge is 2.44. The van der Waals surface area contributed by atoms with E-state index in [0.29, 0.717) is 18.8 Å². The average Bonchev–Trinajstić information content (AvgIpc) is 2.36. The highest BCUT2D eigenvalue weighted by molar-refractivity contribution is 7.84. The highest BCUT2D eigenvalue weighted by Crippen LogP contribution is 2.25. The van der Waals surface area contributed by atoms with Crippen LogP contribution in [0.2, 0.25) is 0 Å².